The summed E-state index contributed by atoms with van der Waals surface area (Å²) in [6, 6.07) is 30.2. The van der Waals surface area contributed by atoms with Crippen molar-refractivity contribution in [3.05, 3.63) is 119 Å². The lowest BCUT2D eigenvalue weighted by atomic mass is 10.0. The van der Waals surface area contributed by atoms with E-state index in [9.17, 15) is 9.59 Å². The molecule has 0 atom stereocenters. The highest BCUT2D eigenvalue weighted by Gasteiger charge is 2.11. The first kappa shape index (κ1) is 45.1. The van der Waals surface area contributed by atoms with Crippen LogP contribution in [0.3, 0.4) is 0 Å². The summed E-state index contributed by atoms with van der Waals surface area (Å²) in [5.74, 6) is 1.98. The zero-order valence-electron chi connectivity index (χ0n) is 35.0. The zero-order valence-corrected chi connectivity index (χ0v) is 35.0. The molecule has 0 N–H and O–H groups in total. The van der Waals surface area contributed by atoms with Crippen molar-refractivity contribution < 1.29 is 28.5 Å². The van der Waals surface area contributed by atoms with Gasteiger partial charge in [-0.15, -0.1) is 0 Å². The van der Waals surface area contributed by atoms with Crippen LogP contribution >= 0.6 is 0 Å². The molecule has 4 aromatic carbocycles. The van der Waals surface area contributed by atoms with Gasteiger partial charge in [-0.1, -0.05) is 134 Å². The van der Waals surface area contributed by atoms with Gasteiger partial charge in [0.15, 0.2) is 0 Å². The topological polar surface area (TPSA) is 71.1 Å². The van der Waals surface area contributed by atoms with Crippen LogP contribution in [-0.2, 0) is 12.8 Å². The van der Waals surface area contributed by atoms with Gasteiger partial charge in [-0.3, -0.25) is 0 Å². The first-order chi connectivity index (χ1) is 28.0. The highest BCUT2D eigenvalue weighted by Crippen LogP contribution is 2.21. The first-order valence-corrected chi connectivity index (χ1v) is 22.1. The molecule has 0 saturated carbocycles. The van der Waals surface area contributed by atoms with Crippen LogP contribution in [0.1, 0.15) is 168 Å². The van der Waals surface area contributed by atoms with Crippen molar-refractivity contribution in [3.8, 4) is 23.0 Å². The SMILES string of the molecule is CCCCCCCCOc1ccc(C(=O)Oc2ccc(CCCCCCCCCc3ccc(OC(=O)c4ccc(OCCCCCCCC)cc4)cc3)cc2)cc1. The normalized spacial score (nSPS) is 11.0. The van der Waals surface area contributed by atoms with Crippen molar-refractivity contribution in [1.29, 1.82) is 0 Å². The number of unbranched alkanes of at least 4 members (excludes halogenated alkanes) is 16. The number of aryl methyl sites for hydroxylation is 2. The molecule has 0 aliphatic heterocycles. The molecular weight excluding hydrogens is 709 g/mol. The number of carbonyl (C=O) groups excluding carboxylic acids is 2. The van der Waals surface area contributed by atoms with E-state index in [2.05, 4.69) is 38.1 Å². The van der Waals surface area contributed by atoms with Crippen molar-refractivity contribution in [2.75, 3.05) is 13.2 Å². The van der Waals surface area contributed by atoms with Gasteiger partial charge in [-0.2, -0.15) is 0 Å². The predicted octanol–water partition coefficient (Wildman–Crippen LogP) is 14.1. The minimum absolute atomic E-state index is 0.358. The molecule has 0 unspecified atom stereocenters. The summed E-state index contributed by atoms with van der Waals surface area (Å²) < 4.78 is 22.9. The van der Waals surface area contributed by atoms with E-state index < -0.39 is 0 Å². The van der Waals surface area contributed by atoms with Crippen LogP contribution in [0.2, 0.25) is 0 Å². The summed E-state index contributed by atoms with van der Waals surface area (Å²) in [5, 5.41) is 0. The second-order valence-corrected chi connectivity index (χ2v) is 15.3. The number of ether oxygens (including phenoxy) is 4. The largest absolute Gasteiger partial charge is 0.494 e. The van der Waals surface area contributed by atoms with Gasteiger partial charge in [-0.05, 0) is 122 Å². The van der Waals surface area contributed by atoms with Crippen LogP contribution in [0, 0.1) is 0 Å². The first-order valence-electron chi connectivity index (χ1n) is 22.1. The summed E-state index contributed by atoms with van der Waals surface area (Å²) >= 11 is 0. The number of hydrogen-bond donors (Lipinski definition) is 0. The molecule has 4 rings (SSSR count). The average molecular weight is 777 g/mol. The molecule has 0 aliphatic rings. The smallest absolute Gasteiger partial charge is 0.343 e. The molecule has 57 heavy (non-hydrogen) atoms. The lowest BCUT2D eigenvalue weighted by molar-refractivity contribution is 0.0725. The monoisotopic (exact) mass is 777 g/mol. The molecule has 308 valence electrons. The molecule has 0 heterocycles. The van der Waals surface area contributed by atoms with Crippen LogP contribution in [0.4, 0.5) is 0 Å². The second-order valence-electron chi connectivity index (χ2n) is 15.3. The summed E-state index contributed by atoms with van der Waals surface area (Å²) in [6.45, 7) is 5.87. The molecule has 0 aromatic heterocycles. The maximum Gasteiger partial charge on any atom is 0.343 e. The molecule has 0 fully saturated rings. The minimum atomic E-state index is -0.358. The number of hydrogen-bond acceptors (Lipinski definition) is 6. The summed E-state index contributed by atoms with van der Waals surface area (Å²) in [5.41, 5.74) is 3.56. The minimum Gasteiger partial charge on any atom is -0.494 e. The van der Waals surface area contributed by atoms with E-state index in [0.29, 0.717) is 35.8 Å². The van der Waals surface area contributed by atoms with E-state index in [-0.39, 0.29) is 11.9 Å². The Morgan fingerprint density at radius 3 is 1.00 bits per heavy atom. The van der Waals surface area contributed by atoms with Gasteiger partial charge in [0, 0.05) is 0 Å². The van der Waals surface area contributed by atoms with Gasteiger partial charge in [0.25, 0.3) is 0 Å². The molecular formula is C51H68O6. The lowest BCUT2D eigenvalue weighted by Crippen LogP contribution is -2.08. The van der Waals surface area contributed by atoms with E-state index in [1.165, 1.54) is 107 Å². The number of esters is 2. The van der Waals surface area contributed by atoms with E-state index >= 15 is 0 Å². The van der Waals surface area contributed by atoms with Crippen molar-refractivity contribution in [2.24, 2.45) is 0 Å². The van der Waals surface area contributed by atoms with Crippen molar-refractivity contribution in [2.45, 2.75) is 149 Å². The Hall–Kier alpha value is -4.58. The van der Waals surface area contributed by atoms with Crippen molar-refractivity contribution in [1.82, 2.24) is 0 Å². The molecule has 0 spiro atoms. The summed E-state index contributed by atoms with van der Waals surface area (Å²) in [6.07, 6.45) is 25.3. The number of benzene rings is 4. The van der Waals surface area contributed by atoms with Crippen LogP contribution in [-0.4, -0.2) is 25.2 Å². The zero-order chi connectivity index (χ0) is 40.2. The van der Waals surface area contributed by atoms with E-state index in [0.717, 1.165) is 50.0 Å². The molecule has 0 radical (unpaired) electrons. The third-order valence-corrected chi connectivity index (χ3v) is 10.4. The van der Waals surface area contributed by atoms with Gasteiger partial charge in [-0.25, -0.2) is 9.59 Å². The van der Waals surface area contributed by atoms with E-state index in [1.54, 1.807) is 24.3 Å². The average Bonchev–Trinajstić information content (AvgIpc) is 3.24. The van der Waals surface area contributed by atoms with Crippen molar-refractivity contribution in [3.63, 3.8) is 0 Å². The van der Waals surface area contributed by atoms with Gasteiger partial charge in [0.1, 0.15) is 23.0 Å². The van der Waals surface area contributed by atoms with Gasteiger partial charge in [0.05, 0.1) is 24.3 Å². The molecule has 6 nitrogen and oxygen atoms in total. The molecule has 0 amide bonds. The third-order valence-electron chi connectivity index (χ3n) is 10.4. The summed E-state index contributed by atoms with van der Waals surface area (Å²) in [7, 11) is 0. The highest BCUT2D eigenvalue weighted by atomic mass is 16.5. The molecule has 0 aliphatic carbocycles. The lowest BCUT2D eigenvalue weighted by Gasteiger charge is -2.08. The highest BCUT2D eigenvalue weighted by molar-refractivity contribution is 5.91. The standard InChI is InChI=1S/C51H68O6/c1-3-5-7-9-16-20-40-54-46-36-28-44(29-37-46)50(52)56-48-32-24-42(25-33-48)22-18-14-12-11-13-15-19-23-43-26-34-49(35-27-43)57-51(53)45-30-38-47(39-31-45)55-41-21-17-10-8-6-4-2/h24-39H,3-23,40-41H2,1-2H3. The fraction of sp³-hybridized carbons (Fsp3) is 0.490. The molecule has 0 saturated heterocycles. The Morgan fingerprint density at radius 1 is 0.351 bits per heavy atom. The van der Waals surface area contributed by atoms with Crippen molar-refractivity contribution >= 4 is 11.9 Å². The Kier molecular flexibility index (Phi) is 22.1. The maximum atomic E-state index is 12.7. The van der Waals surface area contributed by atoms with Crippen LogP contribution in [0.15, 0.2) is 97.1 Å². The fourth-order valence-electron chi connectivity index (χ4n) is 6.84. The van der Waals surface area contributed by atoms with Gasteiger partial charge < -0.3 is 18.9 Å². The predicted molar refractivity (Wildman–Crippen MR) is 233 cm³/mol. The van der Waals surface area contributed by atoms with Crippen LogP contribution < -0.4 is 18.9 Å². The fourth-order valence-corrected chi connectivity index (χ4v) is 6.84. The number of rotatable bonds is 30. The van der Waals surface area contributed by atoms with Crippen LogP contribution in [0.25, 0.3) is 0 Å². The second kappa shape index (κ2) is 27.9. The van der Waals surface area contributed by atoms with E-state index in [1.807, 2.05) is 48.5 Å². The van der Waals surface area contributed by atoms with Gasteiger partial charge >= 0.3 is 11.9 Å². The Morgan fingerprint density at radius 2 is 0.649 bits per heavy atom. The maximum absolute atomic E-state index is 12.7. The van der Waals surface area contributed by atoms with E-state index in [4.69, 9.17) is 18.9 Å². The summed E-state index contributed by atoms with van der Waals surface area (Å²) in [4.78, 5) is 25.3. The molecule has 0 bridgehead atoms. The molecule has 6 heteroatoms. The molecule has 4 aromatic rings. The quantitative estimate of drug-likeness (QED) is 0.0298. The Balaban J connectivity index is 0.996. The Bertz CT molecular complexity index is 1520. The van der Waals surface area contributed by atoms with Crippen LogP contribution in [0.5, 0.6) is 23.0 Å². The third kappa shape index (κ3) is 18.9. The number of carbonyl (C=O) groups is 2. The Labute approximate surface area is 343 Å². The van der Waals surface area contributed by atoms with Gasteiger partial charge in [0.2, 0.25) is 0 Å².